The molecular weight excluding hydrogens is 330 g/mol. The lowest BCUT2D eigenvalue weighted by atomic mass is 10.1. The number of benzene rings is 1. The van der Waals surface area contributed by atoms with E-state index in [1.54, 1.807) is 31.2 Å². The number of para-hydroxylation sites is 1. The SMILES string of the molecule is Cc1nnc(NC(=O)CC[C@H]2NC(=O)c3ccccc3NC2=O)s1. The molecule has 1 aromatic heterocycles. The Morgan fingerprint density at radius 2 is 2.08 bits per heavy atom. The summed E-state index contributed by atoms with van der Waals surface area (Å²) in [6, 6.07) is 6.00. The number of anilines is 2. The number of carbonyl (C=O) groups is 3. The third kappa shape index (κ3) is 3.57. The van der Waals surface area contributed by atoms with E-state index in [9.17, 15) is 14.4 Å². The fourth-order valence-corrected chi connectivity index (χ4v) is 2.93. The van der Waals surface area contributed by atoms with Gasteiger partial charge in [-0.05, 0) is 25.5 Å². The number of fused-ring (bicyclic) bond motifs is 1. The van der Waals surface area contributed by atoms with Crippen LogP contribution in [-0.2, 0) is 9.59 Å². The summed E-state index contributed by atoms with van der Waals surface area (Å²) in [5.74, 6) is -0.961. The Morgan fingerprint density at radius 3 is 2.83 bits per heavy atom. The molecule has 9 heteroatoms. The molecule has 3 amide bonds. The molecule has 0 saturated heterocycles. The molecule has 0 unspecified atom stereocenters. The van der Waals surface area contributed by atoms with E-state index in [-0.39, 0.29) is 30.6 Å². The third-order valence-corrected chi connectivity index (χ3v) is 4.24. The van der Waals surface area contributed by atoms with E-state index < -0.39 is 6.04 Å². The van der Waals surface area contributed by atoms with Gasteiger partial charge in [0.05, 0.1) is 11.3 Å². The Hall–Kier alpha value is -2.81. The van der Waals surface area contributed by atoms with Gasteiger partial charge in [0.25, 0.3) is 5.91 Å². The molecule has 0 radical (unpaired) electrons. The predicted molar refractivity (Wildman–Crippen MR) is 88.8 cm³/mol. The number of nitrogens with one attached hydrogen (secondary N) is 3. The minimum absolute atomic E-state index is 0.0767. The molecule has 1 aliphatic heterocycles. The normalized spacial score (nSPS) is 16.6. The third-order valence-electron chi connectivity index (χ3n) is 3.48. The maximum atomic E-state index is 12.2. The number of aryl methyl sites for hydroxylation is 1. The molecule has 8 nitrogen and oxygen atoms in total. The van der Waals surface area contributed by atoms with Crippen LogP contribution in [0.3, 0.4) is 0 Å². The highest BCUT2D eigenvalue weighted by atomic mass is 32.1. The van der Waals surface area contributed by atoms with Gasteiger partial charge in [-0.3, -0.25) is 14.4 Å². The topological polar surface area (TPSA) is 113 Å². The van der Waals surface area contributed by atoms with Gasteiger partial charge in [-0.1, -0.05) is 23.5 Å². The number of hydrogen-bond acceptors (Lipinski definition) is 6. The minimum atomic E-state index is -0.771. The first-order chi connectivity index (χ1) is 11.5. The van der Waals surface area contributed by atoms with Gasteiger partial charge in [0.2, 0.25) is 16.9 Å². The van der Waals surface area contributed by atoms with Crippen LogP contribution in [0.4, 0.5) is 10.8 Å². The summed E-state index contributed by atoms with van der Waals surface area (Å²) in [6.45, 7) is 1.79. The molecule has 3 rings (SSSR count). The van der Waals surface area contributed by atoms with Crippen molar-refractivity contribution in [3.05, 3.63) is 34.8 Å². The Bertz CT molecular complexity index is 804. The van der Waals surface area contributed by atoms with Crippen LogP contribution in [0.5, 0.6) is 0 Å². The fourth-order valence-electron chi connectivity index (χ4n) is 2.32. The predicted octanol–water partition coefficient (Wildman–Crippen LogP) is 1.32. The number of hydrogen-bond donors (Lipinski definition) is 3. The Kier molecular flexibility index (Phi) is 4.52. The minimum Gasteiger partial charge on any atom is -0.340 e. The second kappa shape index (κ2) is 6.75. The monoisotopic (exact) mass is 345 g/mol. The van der Waals surface area contributed by atoms with Gasteiger partial charge in [-0.15, -0.1) is 10.2 Å². The lowest BCUT2D eigenvalue weighted by Crippen LogP contribution is -2.41. The highest BCUT2D eigenvalue weighted by Crippen LogP contribution is 2.19. The molecule has 0 bridgehead atoms. The molecule has 24 heavy (non-hydrogen) atoms. The average Bonchev–Trinajstić information content (AvgIpc) is 2.91. The maximum absolute atomic E-state index is 12.2. The Labute approximate surface area is 141 Å². The van der Waals surface area contributed by atoms with Crippen LogP contribution in [0.1, 0.15) is 28.2 Å². The van der Waals surface area contributed by atoms with E-state index in [1.165, 1.54) is 11.3 Å². The van der Waals surface area contributed by atoms with Crippen LogP contribution in [0.2, 0.25) is 0 Å². The second-order valence-corrected chi connectivity index (χ2v) is 6.46. The zero-order chi connectivity index (χ0) is 17.1. The van der Waals surface area contributed by atoms with Gasteiger partial charge in [0.15, 0.2) is 0 Å². The Morgan fingerprint density at radius 1 is 1.29 bits per heavy atom. The van der Waals surface area contributed by atoms with Crippen LogP contribution < -0.4 is 16.0 Å². The number of amides is 3. The maximum Gasteiger partial charge on any atom is 0.254 e. The summed E-state index contributed by atoms with van der Waals surface area (Å²) in [5, 5.41) is 16.8. The molecule has 0 fully saturated rings. The van der Waals surface area contributed by atoms with E-state index in [4.69, 9.17) is 0 Å². The van der Waals surface area contributed by atoms with Crippen LogP contribution >= 0.6 is 11.3 Å². The van der Waals surface area contributed by atoms with Crippen molar-refractivity contribution in [2.75, 3.05) is 10.6 Å². The quantitative estimate of drug-likeness (QED) is 0.773. The average molecular weight is 345 g/mol. The molecule has 2 aromatic rings. The fraction of sp³-hybridized carbons (Fsp3) is 0.267. The zero-order valence-corrected chi connectivity index (χ0v) is 13.6. The summed E-state index contributed by atoms with van der Waals surface area (Å²) >= 11 is 1.27. The van der Waals surface area contributed by atoms with E-state index in [1.807, 2.05) is 0 Å². The largest absolute Gasteiger partial charge is 0.340 e. The van der Waals surface area contributed by atoms with Crippen LogP contribution in [0.25, 0.3) is 0 Å². The molecule has 1 aromatic carbocycles. The molecule has 1 atom stereocenters. The molecule has 0 saturated carbocycles. The van der Waals surface area contributed by atoms with Crippen molar-refractivity contribution in [2.45, 2.75) is 25.8 Å². The van der Waals surface area contributed by atoms with Gasteiger partial charge in [-0.2, -0.15) is 0 Å². The van der Waals surface area contributed by atoms with Gasteiger partial charge >= 0.3 is 0 Å². The summed E-state index contributed by atoms with van der Waals surface area (Å²) in [6.07, 6.45) is 0.266. The summed E-state index contributed by atoms with van der Waals surface area (Å²) in [7, 11) is 0. The van der Waals surface area contributed by atoms with Gasteiger partial charge in [0.1, 0.15) is 11.0 Å². The van der Waals surface area contributed by atoms with E-state index in [0.29, 0.717) is 16.4 Å². The summed E-state index contributed by atoms with van der Waals surface area (Å²) < 4.78 is 0. The van der Waals surface area contributed by atoms with Crippen molar-refractivity contribution in [3.8, 4) is 0 Å². The molecule has 1 aliphatic rings. The molecule has 0 aliphatic carbocycles. The summed E-state index contributed by atoms with van der Waals surface area (Å²) in [4.78, 5) is 36.3. The highest BCUT2D eigenvalue weighted by Gasteiger charge is 2.27. The van der Waals surface area contributed by atoms with Crippen molar-refractivity contribution < 1.29 is 14.4 Å². The molecule has 2 heterocycles. The molecule has 0 spiro atoms. The highest BCUT2D eigenvalue weighted by molar-refractivity contribution is 7.15. The smallest absolute Gasteiger partial charge is 0.254 e. The lowest BCUT2D eigenvalue weighted by Gasteiger charge is -2.13. The van der Waals surface area contributed by atoms with Crippen LogP contribution in [-0.4, -0.2) is 34.0 Å². The van der Waals surface area contributed by atoms with Gasteiger partial charge in [0, 0.05) is 6.42 Å². The van der Waals surface area contributed by atoms with Gasteiger partial charge in [-0.25, -0.2) is 0 Å². The van der Waals surface area contributed by atoms with Crippen molar-refractivity contribution in [1.82, 2.24) is 15.5 Å². The van der Waals surface area contributed by atoms with Gasteiger partial charge < -0.3 is 16.0 Å². The van der Waals surface area contributed by atoms with Crippen molar-refractivity contribution in [2.24, 2.45) is 0 Å². The number of carbonyl (C=O) groups excluding carboxylic acids is 3. The standard InChI is InChI=1S/C15H15N5O3S/c1-8-19-20-15(24-8)18-12(21)7-6-11-14(23)16-10-5-3-2-4-9(10)13(22)17-11/h2-5,11H,6-7H2,1H3,(H,16,23)(H,17,22)(H,18,20,21)/t11-/m1/s1. The van der Waals surface area contributed by atoms with Crippen molar-refractivity contribution in [1.29, 1.82) is 0 Å². The van der Waals surface area contributed by atoms with E-state index >= 15 is 0 Å². The van der Waals surface area contributed by atoms with E-state index in [2.05, 4.69) is 26.1 Å². The second-order valence-electron chi connectivity index (χ2n) is 5.27. The molecule has 3 N–H and O–H groups in total. The molecule has 124 valence electrons. The van der Waals surface area contributed by atoms with E-state index in [0.717, 1.165) is 5.01 Å². The van der Waals surface area contributed by atoms with Crippen LogP contribution in [0, 0.1) is 6.92 Å². The van der Waals surface area contributed by atoms with Crippen molar-refractivity contribution >= 4 is 39.9 Å². The zero-order valence-electron chi connectivity index (χ0n) is 12.8. The molecular formula is C15H15N5O3S. The lowest BCUT2D eigenvalue weighted by molar-refractivity contribution is -0.118. The number of rotatable bonds is 4. The van der Waals surface area contributed by atoms with Crippen LogP contribution in [0.15, 0.2) is 24.3 Å². The number of aromatic nitrogens is 2. The first-order valence-electron chi connectivity index (χ1n) is 7.33. The van der Waals surface area contributed by atoms with Crippen molar-refractivity contribution in [3.63, 3.8) is 0 Å². The number of nitrogens with zero attached hydrogens (tertiary/aromatic N) is 2. The first kappa shape index (κ1) is 16.1. The Balaban J connectivity index is 1.60. The summed E-state index contributed by atoms with van der Waals surface area (Å²) in [5.41, 5.74) is 0.874. The first-order valence-corrected chi connectivity index (χ1v) is 8.15.